The molecule has 0 bridgehead atoms. The SMILES string of the molecule is CCOC1CC(CC(=O)Cc2nccs2)C1. The van der Waals surface area contributed by atoms with Crippen LogP contribution in [0.1, 0.15) is 31.2 Å². The van der Waals surface area contributed by atoms with E-state index in [1.54, 1.807) is 17.5 Å². The summed E-state index contributed by atoms with van der Waals surface area (Å²) in [4.78, 5) is 15.8. The minimum Gasteiger partial charge on any atom is -0.378 e. The lowest BCUT2D eigenvalue weighted by Crippen LogP contribution is -2.33. The summed E-state index contributed by atoms with van der Waals surface area (Å²) in [6.45, 7) is 2.80. The third kappa shape index (κ3) is 3.12. The van der Waals surface area contributed by atoms with E-state index in [0.717, 1.165) is 24.5 Å². The van der Waals surface area contributed by atoms with E-state index in [1.165, 1.54) is 0 Å². The van der Waals surface area contributed by atoms with Crippen molar-refractivity contribution in [3.8, 4) is 0 Å². The summed E-state index contributed by atoms with van der Waals surface area (Å²) in [6.07, 6.45) is 5.47. The molecule has 0 spiro atoms. The molecule has 0 N–H and O–H groups in total. The molecule has 1 aromatic heterocycles. The van der Waals surface area contributed by atoms with Crippen molar-refractivity contribution in [1.29, 1.82) is 0 Å². The lowest BCUT2D eigenvalue weighted by Gasteiger charge is -2.34. The second kappa shape index (κ2) is 5.55. The Morgan fingerprint density at radius 1 is 1.62 bits per heavy atom. The minimum atomic E-state index is 0.315. The summed E-state index contributed by atoms with van der Waals surface area (Å²) in [5.41, 5.74) is 0. The molecular weight excluding hydrogens is 222 g/mol. The Morgan fingerprint density at radius 3 is 3.06 bits per heavy atom. The van der Waals surface area contributed by atoms with Gasteiger partial charge in [-0.05, 0) is 25.7 Å². The summed E-state index contributed by atoms with van der Waals surface area (Å²) >= 11 is 1.56. The Kier molecular flexibility index (Phi) is 4.07. The van der Waals surface area contributed by atoms with Crippen LogP contribution in [0, 0.1) is 5.92 Å². The van der Waals surface area contributed by atoms with Crippen molar-refractivity contribution >= 4 is 17.1 Å². The fraction of sp³-hybridized carbons (Fsp3) is 0.667. The summed E-state index contributed by atoms with van der Waals surface area (Å²) in [6, 6.07) is 0. The molecule has 1 aromatic rings. The summed E-state index contributed by atoms with van der Waals surface area (Å²) in [5.74, 6) is 0.860. The fourth-order valence-corrected chi connectivity index (χ4v) is 2.76. The quantitative estimate of drug-likeness (QED) is 0.765. The Bertz CT molecular complexity index is 331. The molecule has 88 valence electrons. The van der Waals surface area contributed by atoms with Crippen molar-refractivity contribution in [2.75, 3.05) is 6.61 Å². The molecule has 0 radical (unpaired) electrons. The van der Waals surface area contributed by atoms with Gasteiger partial charge in [0.15, 0.2) is 0 Å². The number of thiazole rings is 1. The van der Waals surface area contributed by atoms with Crippen molar-refractivity contribution in [3.05, 3.63) is 16.6 Å². The largest absolute Gasteiger partial charge is 0.378 e. The van der Waals surface area contributed by atoms with E-state index in [1.807, 2.05) is 12.3 Å². The third-order valence-corrected chi connectivity index (χ3v) is 3.72. The molecule has 16 heavy (non-hydrogen) atoms. The monoisotopic (exact) mass is 239 g/mol. The van der Waals surface area contributed by atoms with Gasteiger partial charge in [0.05, 0.1) is 17.5 Å². The van der Waals surface area contributed by atoms with Crippen LogP contribution < -0.4 is 0 Å². The van der Waals surface area contributed by atoms with Crippen molar-refractivity contribution < 1.29 is 9.53 Å². The Morgan fingerprint density at radius 2 is 2.44 bits per heavy atom. The molecule has 1 fully saturated rings. The number of hydrogen-bond acceptors (Lipinski definition) is 4. The summed E-state index contributed by atoms with van der Waals surface area (Å²) in [5, 5.41) is 2.85. The van der Waals surface area contributed by atoms with E-state index in [2.05, 4.69) is 4.98 Å². The van der Waals surface area contributed by atoms with Crippen LogP contribution in [0.15, 0.2) is 11.6 Å². The van der Waals surface area contributed by atoms with Crippen LogP contribution in [-0.2, 0) is 16.0 Å². The number of nitrogens with zero attached hydrogens (tertiary/aromatic N) is 1. The normalized spacial score (nSPS) is 24.1. The van der Waals surface area contributed by atoms with Crippen molar-refractivity contribution in [1.82, 2.24) is 4.98 Å². The van der Waals surface area contributed by atoms with Crippen LogP contribution in [-0.4, -0.2) is 23.5 Å². The van der Waals surface area contributed by atoms with Gasteiger partial charge in [-0.1, -0.05) is 0 Å². The Balaban J connectivity index is 1.66. The molecule has 1 aliphatic carbocycles. The highest BCUT2D eigenvalue weighted by atomic mass is 32.1. The molecule has 3 nitrogen and oxygen atoms in total. The van der Waals surface area contributed by atoms with Crippen LogP contribution in [0.5, 0.6) is 0 Å². The smallest absolute Gasteiger partial charge is 0.139 e. The third-order valence-electron chi connectivity index (χ3n) is 2.94. The predicted octanol–water partition coefficient (Wildman–Crippen LogP) is 2.46. The molecule has 0 aliphatic heterocycles. The lowest BCUT2D eigenvalue weighted by molar-refractivity contribution is -0.121. The second-order valence-electron chi connectivity index (χ2n) is 4.26. The minimum absolute atomic E-state index is 0.315. The molecule has 0 saturated heterocycles. The van der Waals surface area contributed by atoms with Gasteiger partial charge in [-0.2, -0.15) is 0 Å². The van der Waals surface area contributed by atoms with Crippen LogP contribution >= 0.6 is 11.3 Å². The number of carbonyl (C=O) groups is 1. The molecular formula is C12H17NO2S. The first-order chi connectivity index (χ1) is 7.78. The maximum absolute atomic E-state index is 11.7. The average Bonchev–Trinajstić information content (AvgIpc) is 2.67. The second-order valence-corrected chi connectivity index (χ2v) is 5.24. The number of Topliss-reactive ketones (excluding diaryl/α,β-unsaturated/α-hetero) is 1. The zero-order valence-electron chi connectivity index (χ0n) is 9.52. The van der Waals surface area contributed by atoms with E-state index in [4.69, 9.17) is 4.74 Å². The standard InChI is InChI=1S/C12H17NO2S/c1-2-15-11-6-9(7-11)5-10(14)8-12-13-3-4-16-12/h3-4,9,11H,2,5-8H2,1H3. The number of rotatable bonds is 6. The predicted molar refractivity (Wildman–Crippen MR) is 63.6 cm³/mol. The maximum atomic E-state index is 11.7. The highest BCUT2D eigenvalue weighted by Gasteiger charge is 2.30. The average molecular weight is 239 g/mol. The van der Waals surface area contributed by atoms with E-state index in [9.17, 15) is 4.79 Å². The Hall–Kier alpha value is -0.740. The van der Waals surface area contributed by atoms with Gasteiger partial charge >= 0.3 is 0 Å². The lowest BCUT2D eigenvalue weighted by atomic mass is 9.79. The first-order valence-electron chi connectivity index (χ1n) is 5.79. The van der Waals surface area contributed by atoms with Gasteiger partial charge in [-0.25, -0.2) is 4.98 Å². The van der Waals surface area contributed by atoms with Gasteiger partial charge in [0, 0.05) is 24.6 Å². The topological polar surface area (TPSA) is 39.2 Å². The molecule has 0 amide bonds. The number of carbonyl (C=O) groups excluding carboxylic acids is 1. The van der Waals surface area contributed by atoms with Crippen LogP contribution in [0.2, 0.25) is 0 Å². The molecule has 4 heteroatoms. The van der Waals surface area contributed by atoms with E-state index >= 15 is 0 Å². The van der Waals surface area contributed by atoms with Crippen molar-refractivity contribution in [2.45, 2.75) is 38.7 Å². The molecule has 2 rings (SSSR count). The highest BCUT2D eigenvalue weighted by Crippen LogP contribution is 2.33. The highest BCUT2D eigenvalue weighted by molar-refractivity contribution is 7.09. The molecule has 1 saturated carbocycles. The van der Waals surface area contributed by atoms with E-state index in [0.29, 0.717) is 30.6 Å². The molecule has 1 heterocycles. The van der Waals surface area contributed by atoms with Crippen LogP contribution in [0.3, 0.4) is 0 Å². The number of ketones is 1. The molecule has 0 atom stereocenters. The van der Waals surface area contributed by atoms with Gasteiger partial charge in [0.1, 0.15) is 5.78 Å². The van der Waals surface area contributed by atoms with Crippen molar-refractivity contribution in [2.24, 2.45) is 5.92 Å². The van der Waals surface area contributed by atoms with E-state index < -0.39 is 0 Å². The van der Waals surface area contributed by atoms with Gasteiger partial charge < -0.3 is 4.74 Å². The van der Waals surface area contributed by atoms with Gasteiger partial charge in [0.2, 0.25) is 0 Å². The summed E-state index contributed by atoms with van der Waals surface area (Å²) in [7, 11) is 0. The van der Waals surface area contributed by atoms with Crippen LogP contribution in [0.4, 0.5) is 0 Å². The zero-order valence-corrected chi connectivity index (χ0v) is 10.3. The molecule has 1 aliphatic rings. The summed E-state index contributed by atoms with van der Waals surface area (Å²) < 4.78 is 5.47. The van der Waals surface area contributed by atoms with Gasteiger partial charge in [-0.3, -0.25) is 4.79 Å². The van der Waals surface area contributed by atoms with Crippen LogP contribution in [0.25, 0.3) is 0 Å². The first-order valence-corrected chi connectivity index (χ1v) is 6.67. The first kappa shape index (κ1) is 11.7. The Labute approximate surface area is 99.8 Å². The maximum Gasteiger partial charge on any atom is 0.139 e. The van der Waals surface area contributed by atoms with Gasteiger partial charge in [0.25, 0.3) is 0 Å². The van der Waals surface area contributed by atoms with Crippen molar-refractivity contribution in [3.63, 3.8) is 0 Å². The van der Waals surface area contributed by atoms with Gasteiger partial charge in [-0.15, -0.1) is 11.3 Å². The number of ether oxygens (including phenoxy) is 1. The molecule has 0 aromatic carbocycles. The fourth-order valence-electron chi connectivity index (χ4n) is 2.12. The van der Waals surface area contributed by atoms with E-state index in [-0.39, 0.29) is 0 Å². The molecule has 0 unspecified atom stereocenters. The number of aromatic nitrogens is 1. The number of hydrogen-bond donors (Lipinski definition) is 0. The zero-order chi connectivity index (χ0) is 11.4.